The van der Waals surface area contributed by atoms with Crippen molar-refractivity contribution in [1.82, 2.24) is 0 Å². The summed E-state index contributed by atoms with van der Waals surface area (Å²) in [6, 6.07) is 10.3. The van der Waals surface area contributed by atoms with Crippen LogP contribution in [-0.4, -0.2) is 5.11 Å². The molecule has 2 nitrogen and oxygen atoms in total. The molecule has 0 aromatic heterocycles. The van der Waals surface area contributed by atoms with E-state index >= 15 is 0 Å². The summed E-state index contributed by atoms with van der Waals surface area (Å²) in [7, 11) is 0. The molecule has 94 valence electrons. The van der Waals surface area contributed by atoms with E-state index in [9.17, 15) is 4.39 Å². The average molecular weight is 310 g/mol. The first-order valence-electron chi connectivity index (χ1n) is 5.53. The minimum atomic E-state index is -0.597. The lowest BCUT2D eigenvalue weighted by atomic mass is 10.1. The molecule has 2 aromatic rings. The minimum Gasteiger partial charge on any atom is -0.505 e. The van der Waals surface area contributed by atoms with E-state index in [0.29, 0.717) is 6.54 Å². The van der Waals surface area contributed by atoms with Gasteiger partial charge in [-0.2, -0.15) is 0 Å². The van der Waals surface area contributed by atoms with Gasteiger partial charge in [0.15, 0.2) is 11.6 Å². The van der Waals surface area contributed by atoms with Gasteiger partial charge in [-0.3, -0.25) is 0 Å². The number of benzene rings is 2. The van der Waals surface area contributed by atoms with Gasteiger partial charge in [0.1, 0.15) is 0 Å². The Balaban J connectivity index is 2.11. The van der Waals surface area contributed by atoms with Gasteiger partial charge in [0.25, 0.3) is 0 Å². The van der Waals surface area contributed by atoms with Crippen LogP contribution in [0.1, 0.15) is 11.1 Å². The molecule has 0 aliphatic rings. The second-order valence-corrected chi connectivity index (χ2v) is 5.01. The van der Waals surface area contributed by atoms with Crippen molar-refractivity contribution in [1.29, 1.82) is 0 Å². The van der Waals surface area contributed by atoms with Crippen molar-refractivity contribution in [2.24, 2.45) is 0 Å². The summed E-state index contributed by atoms with van der Waals surface area (Å²) in [5.41, 5.74) is 2.90. The van der Waals surface area contributed by atoms with Crippen LogP contribution in [0.4, 0.5) is 10.1 Å². The molecule has 0 saturated heterocycles. The third-order valence-electron chi connectivity index (χ3n) is 2.69. The largest absolute Gasteiger partial charge is 0.505 e. The fraction of sp³-hybridized carbons (Fsp3) is 0.143. The van der Waals surface area contributed by atoms with Crippen LogP contribution in [-0.2, 0) is 6.54 Å². The Morgan fingerprint density at radius 3 is 2.72 bits per heavy atom. The number of aryl methyl sites for hydroxylation is 1. The predicted octanol–water partition coefficient (Wildman–Crippen LogP) is 4.21. The Morgan fingerprint density at radius 2 is 2.00 bits per heavy atom. The number of anilines is 1. The SMILES string of the molecule is Cc1ccc(Br)cc1NCc1ccc(O)c(F)c1. The van der Waals surface area contributed by atoms with E-state index in [1.165, 1.54) is 12.1 Å². The van der Waals surface area contributed by atoms with Crippen molar-refractivity contribution in [3.8, 4) is 5.75 Å². The fourth-order valence-electron chi connectivity index (χ4n) is 1.64. The van der Waals surface area contributed by atoms with Crippen LogP contribution >= 0.6 is 15.9 Å². The molecule has 0 atom stereocenters. The van der Waals surface area contributed by atoms with Gasteiger partial charge < -0.3 is 10.4 Å². The lowest BCUT2D eigenvalue weighted by Gasteiger charge is -2.10. The summed E-state index contributed by atoms with van der Waals surface area (Å²) in [6.07, 6.45) is 0. The molecule has 0 aliphatic carbocycles. The molecule has 0 radical (unpaired) electrons. The summed E-state index contributed by atoms with van der Waals surface area (Å²) in [5.74, 6) is -0.919. The second kappa shape index (κ2) is 5.40. The van der Waals surface area contributed by atoms with E-state index in [1.807, 2.05) is 25.1 Å². The maximum Gasteiger partial charge on any atom is 0.165 e. The zero-order valence-corrected chi connectivity index (χ0v) is 11.5. The molecule has 2 N–H and O–H groups in total. The fourth-order valence-corrected chi connectivity index (χ4v) is 2.00. The first-order valence-corrected chi connectivity index (χ1v) is 6.33. The number of aromatic hydroxyl groups is 1. The Bertz CT molecular complexity index is 572. The second-order valence-electron chi connectivity index (χ2n) is 4.10. The smallest absolute Gasteiger partial charge is 0.165 e. The molecule has 4 heteroatoms. The van der Waals surface area contributed by atoms with Crippen LogP contribution in [0.3, 0.4) is 0 Å². The molecular formula is C14H13BrFNO. The highest BCUT2D eigenvalue weighted by molar-refractivity contribution is 9.10. The molecule has 0 saturated carbocycles. The van der Waals surface area contributed by atoms with Gasteiger partial charge in [-0.05, 0) is 42.3 Å². The van der Waals surface area contributed by atoms with Crippen molar-refractivity contribution in [3.63, 3.8) is 0 Å². The Hall–Kier alpha value is -1.55. The molecular weight excluding hydrogens is 297 g/mol. The number of phenols is 1. The van der Waals surface area contributed by atoms with Crippen molar-refractivity contribution in [2.45, 2.75) is 13.5 Å². The van der Waals surface area contributed by atoms with E-state index < -0.39 is 5.82 Å². The lowest BCUT2D eigenvalue weighted by Crippen LogP contribution is -2.01. The number of hydrogen-bond donors (Lipinski definition) is 2. The molecule has 18 heavy (non-hydrogen) atoms. The van der Waals surface area contributed by atoms with Gasteiger partial charge in [0.2, 0.25) is 0 Å². The first kappa shape index (κ1) is 12.9. The van der Waals surface area contributed by atoms with Crippen LogP contribution in [0.5, 0.6) is 5.75 Å². The zero-order chi connectivity index (χ0) is 13.1. The van der Waals surface area contributed by atoms with E-state index in [-0.39, 0.29) is 5.75 Å². The summed E-state index contributed by atoms with van der Waals surface area (Å²) >= 11 is 3.41. The van der Waals surface area contributed by atoms with Crippen LogP contribution in [0, 0.1) is 12.7 Å². The van der Waals surface area contributed by atoms with E-state index in [0.717, 1.165) is 21.3 Å². The molecule has 2 rings (SSSR count). The highest BCUT2D eigenvalue weighted by Gasteiger charge is 2.03. The zero-order valence-electron chi connectivity index (χ0n) is 9.87. The van der Waals surface area contributed by atoms with Gasteiger partial charge >= 0.3 is 0 Å². The van der Waals surface area contributed by atoms with Crippen LogP contribution in [0.15, 0.2) is 40.9 Å². The van der Waals surface area contributed by atoms with Crippen LogP contribution < -0.4 is 5.32 Å². The highest BCUT2D eigenvalue weighted by Crippen LogP contribution is 2.22. The number of phenolic OH excluding ortho intramolecular Hbond substituents is 1. The van der Waals surface area contributed by atoms with Crippen molar-refractivity contribution >= 4 is 21.6 Å². The summed E-state index contributed by atoms with van der Waals surface area (Å²) in [4.78, 5) is 0. The summed E-state index contributed by atoms with van der Waals surface area (Å²) < 4.78 is 14.2. The van der Waals surface area contributed by atoms with Crippen LogP contribution in [0.25, 0.3) is 0 Å². The lowest BCUT2D eigenvalue weighted by molar-refractivity contribution is 0.432. The highest BCUT2D eigenvalue weighted by atomic mass is 79.9. The number of halogens is 2. The predicted molar refractivity (Wildman–Crippen MR) is 74.3 cm³/mol. The normalized spacial score (nSPS) is 10.4. The third kappa shape index (κ3) is 3.01. The maximum absolute atomic E-state index is 13.2. The monoisotopic (exact) mass is 309 g/mol. The van der Waals surface area contributed by atoms with Crippen LogP contribution in [0.2, 0.25) is 0 Å². The molecule has 0 aliphatic heterocycles. The first-order chi connectivity index (χ1) is 8.56. The molecule has 2 aromatic carbocycles. The quantitative estimate of drug-likeness (QED) is 0.890. The summed E-state index contributed by atoms with van der Waals surface area (Å²) in [5, 5.41) is 12.3. The molecule has 0 unspecified atom stereocenters. The Morgan fingerprint density at radius 1 is 1.22 bits per heavy atom. The van der Waals surface area contributed by atoms with E-state index in [4.69, 9.17) is 5.11 Å². The Kier molecular flexibility index (Phi) is 3.87. The van der Waals surface area contributed by atoms with E-state index in [1.54, 1.807) is 6.07 Å². The minimum absolute atomic E-state index is 0.322. The van der Waals surface area contributed by atoms with Gasteiger partial charge in [0, 0.05) is 16.7 Å². The molecule has 0 fully saturated rings. The van der Waals surface area contributed by atoms with Gasteiger partial charge in [-0.25, -0.2) is 4.39 Å². The standard InChI is InChI=1S/C14H13BrFNO/c1-9-2-4-11(15)7-13(9)17-8-10-3-5-14(18)12(16)6-10/h2-7,17-18H,8H2,1H3. The maximum atomic E-state index is 13.2. The van der Waals surface area contributed by atoms with E-state index in [2.05, 4.69) is 21.2 Å². The topological polar surface area (TPSA) is 32.3 Å². The molecule has 0 spiro atoms. The average Bonchev–Trinajstić information content (AvgIpc) is 2.34. The van der Waals surface area contributed by atoms with Crippen molar-refractivity contribution in [2.75, 3.05) is 5.32 Å². The molecule has 0 amide bonds. The number of hydrogen-bond acceptors (Lipinski definition) is 2. The molecule has 0 bridgehead atoms. The van der Waals surface area contributed by atoms with Crippen molar-refractivity contribution in [3.05, 3.63) is 57.8 Å². The third-order valence-corrected chi connectivity index (χ3v) is 3.19. The Labute approximate surface area is 114 Å². The molecule has 0 heterocycles. The number of rotatable bonds is 3. The number of nitrogens with one attached hydrogen (secondary N) is 1. The van der Waals surface area contributed by atoms with Crippen molar-refractivity contribution < 1.29 is 9.50 Å². The van der Waals surface area contributed by atoms with Gasteiger partial charge in [-0.15, -0.1) is 0 Å². The summed E-state index contributed by atoms with van der Waals surface area (Å²) in [6.45, 7) is 2.51. The van der Waals surface area contributed by atoms with Gasteiger partial charge in [0.05, 0.1) is 0 Å². The van der Waals surface area contributed by atoms with Gasteiger partial charge in [-0.1, -0.05) is 28.1 Å².